The average Bonchev–Trinajstić information content (AvgIpc) is 2.84. The predicted octanol–water partition coefficient (Wildman–Crippen LogP) is 4.74. The molecule has 31 heavy (non-hydrogen) atoms. The lowest BCUT2D eigenvalue weighted by atomic mass is 10.2. The summed E-state index contributed by atoms with van der Waals surface area (Å²) in [6, 6.07) is 21.9. The lowest BCUT2D eigenvalue weighted by molar-refractivity contribution is 0.208. The van der Waals surface area contributed by atoms with E-state index < -0.39 is 0 Å². The van der Waals surface area contributed by atoms with E-state index in [4.69, 9.17) is 4.74 Å². The Kier molecular flexibility index (Phi) is 6.94. The molecule has 7 heteroatoms. The summed E-state index contributed by atoms with van der Waals surface area (Å²) >= 11 is 1.68. The van der Waals surface area contributed by atoms with Crippen LogP contribution in [0.25, 0.3) is 0 Å². The van der Waals surface area contributed by atoms with Gasteiger partial charge in [0, 0.05) is 49.5 Å². The number of aromatic nitrogens is 1. The molecule has 1 saturated heterocycles. The zero-order chi connectivity index (χ0) is 21.5. The summed E-state index contributed by atoms with van der Waals surface area (Å²) in [4.78, 5) is 21.2. The molecule has 160 valence electrons. The van der Waals surface area contributed by atoms with Crippen molar-refractivity contribution in [3.63, 3.8) is 0 Å². The van der Waals surface area contributed by atoms with Crippen molar-refractivity contribution in [1.82, 2.24) is 9.88 Å². The molecule has 2 amide bonds. The number of thioether (sulfide) groups is 1. The number of amides is 2. The molecule has 4 rings (SSSR count). The number of nitrogens with one attached hydrogen (secondary N) is 1. The number of methoxy groups -OCH3 is 1. The van der Waals surface area contributed by atoms with Gasteiger partial charge in [-0.3, -0.25) is 0 Å². The van der Waals surface area contributed by atoms with Crippen molar-refractivity contribution in [2.24, 2.45) is 0 Å². The molecule has 0 radical (unpaired) electrons. The molecule has 0 bridgehead atoms. The number of carbonyl (C=O) groups is 1. The number of hydrogen-bond acceptors (Lipinski definition) is 5. The maximum Gasteiger partial charge on any atom is 0.321 e. The number of benzene rings is 2. The minimum Gasteiger partial charge on any atom is -0.497 e. The molecule has 0 unspecified atom stereocenters. The van der Waals surface area contributed by atoms with Crippen LogP contribution in [0, 0.1) is 0 Å². The van der Waals surface area contributed by atoms with Gasteiger partial charge in [-0.05, 0) is 54.1 Å². The van der Waals surface area contributed by atoms with Crippen LogP contribution < -0.4 is 15.0 Å². The van der Waals surface area contributed by atoms with Crippen molar-refractivity contribution >= 4 is 29.2 Å². The molecule has 2 heterocycles. The van der Waals surface area contributed by atoms with E-state index in [1.807, 2.05) is 53.4 Å². The zero-order valence-electron chi connectivity index (χ0n) is 17.5. The summed E-state index contributed by atoms with van der Waals surface area (Å²) in [5.41, 5.74) is 3.12. The lowest BCUT2D eigenvalue weighted by Gasteiger charge is -2.36. The summed E-state index contributed by atoms with van der Waals surface area (Å²) < 4.78 is 5.22. The Bertz CT molecular complexity index is 990. The van der Waals surface area contributed by atoms with Crippen molar-refractivity contribution in [2.75, 3.05) is 43.5 Å². The fourth-order valence-electron chi connectivity index (χ4n) is 3.49. The van der Waals surface area contributed by atoms with Crippen LogP contribution in [0.3, 0.4) is 0 Å². The minimum absolute atomic E-state index is 0.0519. The zero-order valence-corrected chi connectivity index (χ0v) is 18.3. The third-order valence-corrected chi connectivity index (χ3v) is 6.22. The van der Waals surface area contributed by atoms with Gasteiger partial charge in [0.15, 0.2) is 0 Å². The lowest BCUT2D eigenvalue weighted by Crippen LogP contribution is -2.50. The molecule has 0 spiro atoms. The molecule has 1 aromatic heterocycles. The number of hydrogen-bond donors (Lipinski definition) is 1. The van der Waals surface area contributed by atoms with E-state index in [0.717, 1.165) is 46.6 Å². The van der Waals surface area contributed by atoms with Crippen molar-refractivity contribution in [2.45, 2.75) is 10.8 Å². The standard InChI is InChI=1S/C24H26N4O2S/c1-30-22-10-8-21(9-11-22)27-13-15-28(16-14-27)24(29)26-20-6-4-5-19(17-20)18-31-23-7-2-3-12-25-23/h2-12,17H,13-16,18H2,1H3,(H,26,29). The van der Waals surface area contributed by atoms with Crippen LogP contribution in [0.1, 0.15) is 5.56 Å². The monoisotopic (exact) mass is 434 g/mol. The normalized spacial score (nSPS) is 13.7. The van der Waals surface area contributed by atoms with Crippen LogP contribution in [0.15, 0.2) is 78.0 Å². The molecule has 3 aromatic rings. The Labute approximate surface area is 187 Å². The molecule has 1 aliphatic heterocycles. The van der Waals surface area contributed by atoms with Crippen LogP contribution in [0.2, 0.25) is 0 Å². The Morgan fingerprint density at radius 2 is 1.84 bits per heavy atom. The first-order valence-electron chi connectivity index (χ1n) is 10.3. The van der Waals surface area contributed by atoms with Gasteiger partial charge in [-0.25, -0.2) is 9.78 Å². The molecule has 1 aliphatic rings. The van der Waals surface area contributed by atoms with Crippen molar-refractivity contribution in [1.29, 1.82) is 0 Å². The second kappa shape index (κ2) is 10.2. The molecule has 0 saturated carbocycles. The highest BCUT2D eigenvalue weighted by atomic mass is 32.2. The number of carbonyl (C=O) groups excluding carboxylic acids is 1. The maximum atomic E-state index is 12.7. The van der Waals surface area contributed by atoms with Gasteiger partial charge in [0.05, 0.1) is 12.1 Å². The molecular weight excluding hydrogens is 408 g/mol. The topological polar surface area (TPSA) is 57.7 Å². The smallest absolute Gasteiger partial charge is 0.321 e. The van der Waals surface area contributed by atoms with Gasteiger partial charge in [-0.2, -0.15) is 0 Å². The minimum atomic E-state index is -0.0519. The highest BCUT2D eigenvalue weighted by Crippen LogP contribution is 2.23. The number of pyridine rings is 1. The second-order valence-corrected chi connectivity index (χ2v) is 8.25. The Morgan fingerprint density at radius 3 is 2.55 bits per heavy atom. The summed E-state index contributed by atoms with van der Waals surface area (Å²) in [6.07, 6.45) is 1.80. The van der Waals surface area contributed by atoms with E-state index in [-0.39, 0.29) is 6.03 Å². The number of ether oxygens (including phenoxy) is 1. The number of urea groups is 1. The van der Waals surface area contributed by atoms with Gasteiger partial charge in [-0.15, -0.1) is 11.8 Å². The first-order chi connectivity index (χ1) is 15.2. The fourth-order valence-corrected chi connectivity index (χ4v) is 4.30. The molecule has 1 fully saturated rings. The largest absolute Gasteiger partial charge is 0.497 e. The summed E-state index contributed by atoms with van der Waals surface area (Å²) in [6.45, 7) is 2.99. The van der Waals surface area contributed by atoms with E-state index in [1.165, 1.54) is 0 Å². The molecular formula is C24H26N4O2S. The van der Waals surface area contributed by atoms with Gasteiger partial charge < -0.3 is 19.9 Å². The van der Waals surface area contributed by atoms with Crippen LogP contribution in [-0.4, -0.2) is 49.2 Å². The second-order valence-electron chi connectivity index (χ2n) is 7.26. The van der Waals surface area contributed by atoms with Crippen molar-refractivity contribution in [3.8, 4) is 5.75 Å². The molecule has 2 aromatic carbocycles. The van der Waals surface area contributed by atoms with E-state index in [9.17, 15) is 4.79 Å². The first-order valence-corrected chi connectivity index (χ1v) is 11.3. The van der Waals surface area contributed by atoms with Gasteiger partial charge in [0.2, 0.25) is 0 Å². The summed E-state index contributed by atoms with van der Waals surface area (Å²) in [7, 11) is 1.67. The number of rotatable bonds is 6. The van der Waals surface area contributed by atoms with Gasteiger partial charge in [0.25, 0.3) is 0 Å². The number of anilines is 2. The third kappa shape index (κ3) is 5.70. The Hall–Kier alpha value is -3.19. The highest BCUT2D eigenvalue weighted by Gasteiger charge is 2.21. The van der Waals surface area contributed by atoms with E-state index in [1.54, 1.807) is 25.1 Å². The van der Waals surface area contributed by atoms with Crippen LogP contribution in [0.4, 0.5) is 16.2 Å². The van der Waals surface area contributed by atoms with E-state index in [2.05, 4.69) is 33.4 Å². The van der Waals surface area contributed by atoms with Crippen LogP contribution >= 0.6 is 11.8 Å². The van der Waals surface area contributed by atoms with Crippen molar-refractivity contribution in [3.05, 3.63) is 78.5 Å². The highest BCUT2D eigenvalue weighted by molar-refractivity contribution is 7.98. The number of nitrogens with zero attached hydrogens (tertiary/aromatic N) is 3. The predicted molar refractivity (Wildman–Crippen MR) is 126 cm³/mol. The molecule has 6 nitrogen and oxygen atoms in total. The first kappa shape index (κ1) is 21.1. The van der Waals surface area contributed by atoms with Crippen LogP contribution in [-0.2, 0) is 5.75 Å². The maximum absolute atomic E-state index is 12.7. The SMILES string of the molecule is COc1ccc(N2CCN(C(=O)Nc3cccc(CSc4ccccn4)c3)CC2)cc1. The molecule has 1 N–H and O–H groups in total. The Morgan fingerprint density at radius 1 is 1.03 bits per heavy atom. The quantitative estimate of drug-likeness (QED) is 0.568. The van der Waals surface area contributed by atoms with E-state index >= 15 is 0 Å². The fraction of sp³-hybridized carbons (Fsp3) is 0.250. The third-order valence-electron chi connectivity index (χ3n) is 5.21. The summed E-state index contributed by atoms with van der Waals surface area (Å²) in [5, 5.41) is 4.04. The molecule has 0 atom stereocenters. The van der Waals surface area contributed by atoms with Gasteiger partial charge >= 0.3 is 6.03 Å². The van der Waals surface area contributed by atoms with E-state index in [0.29, 0.717) is 13.1 Å². The van der Waals surface area contributed by atoms with Crippen molar-refractivity contribution < 1.29 is 9.53 Å². The molecule has 0 aliphatic carbocycles. The average molecular weight is 435 g/mol. The Balaban J connectivity index is 1.28. The summed E-state index contributed by atoms with van der Waals surface area (Å²) in [5.74, 6) is 1.66. The van der Waals surface area contributed by atoms with Gasteiger partial charge in [-0.1, -0.05) is 18.2 Å². The number of piperazine rings is 1. The van der Waals surface area contributed by atoms with Gasteiger partial charge in [0.1, 0.15) is 5.75 Å². The van der Waals surface area contributed by atoms with Crippen LogP contribution in [0.5, 0.6) is 5.75 Å².